The standard InChI is InChI=1S/C15H9Cl2N3OS/c1-7-6-20-12(13(17)19-15(20)22-7)5-10-9-4-8(16)2-3-11(9)18-14(10)21/h2-6H,1H3,(H,18,21)/b10-5+. The van der Waals surface area contributed by atoms with Crippen molar-refractivity contribution in [2.45, 2.75) is 6.92 Å². The summed E-state index contributed by atoms with van der Waals surface area (Å²) in [5.41, 5.74) is 2.75. The fraction of sp³-hybridized carbons (Fsp3) is 0.0667. The highest BCUT2D eigenvalue weighted by atomic mass is 35.5. The summed E-state index contributed by atoms with van der Waals surface area (Å²) >= 11 is 13.8. The van der Waals surface area contributed by atoms with E-state index in [1.807, 2.05) is 17.5 Å². The van der Waals surface area contributed by atoms with Crippen LogP contribution in [0.15, 0.2) is 24.4 Å². The molecule has 0 saturated heterocycles. The molecule has 22 heavy (non-hydrogen) atoms. The Hall–Kier alpha value is -1.82. The lowest BCUT2D eigenvalue weighted by atomic mass is 10.1. The third-order valence-electron chi connectivity index (χ3n) is 3.48. The molecule has 1 aromatic carbocycles. The predicted octanol–water partition coefficient (Wildman–Crippen LogP) is 4.50. The van der Waals surface area contributed by atoms with Gasteiger partial charge in [-0.1, -0.05) is 23.2 Å². The van der Waals surface area contributed by atoms with E-state index in [9.17, 15) is 4.79 Å². The van der Waals surface area contributed by atoms with Gasteiger partial charge in [-0.05, 0) is 31.2 Å². The number of nitrogens with zero attached hydrogens (tertiary/aromatic N) is 2. The van der Waals surface area contributed by atoms with Gasteiger partial charge in [-0.15, -0.1) is 11.3 Å². The third-order valence-corrected chi connectivity index (χ3v) is 4.89. The van der Waals surface area contributed by atoms with Crippen LogP contribution in [0.1, 0.15) is 16.1 Å². The van der Waals surface area contributed by atoms with E-state index in [1.165, 1.54) is 0 Å². The van der Waals surface area contributed by atoms with Gasteiger partial charge in [0.2, 0.25) is 0 Å². The predicted molar refractivity (Wildman–Crippen MR) is 90.8 cm³/mol. The first-order chi connectivity index (χ1) is 10.5. The summed E-state index contributed by atoms with van der Waals surface area (Å²) in [5.74, 6) is -0.171. The van der Waals surface area contributed by atoms with Crippen LogP contribution in [0.4, 0.5) is 5.69 Å². The number of benzene rings is 1. The molecule has 0 fully saturated rings. The molecule has 1 aliphatic heterocycles. The summed E-state index contributed by atoms with van der Waals surface area (Å²) in [4.78, 5) is 18.5. The molecule has 110 valence electrons. The van der Waals surface area contributed by atoms with Gasteiger partial charge in [-0.2, -0.15) is 0 Å². The first-order valence-corrected chi connectivity index (χ1v) is 8.07. The van der Waals surface area contributed by atoms with E-state index < -0.39 is 0 Å². The Kier molecular flexibility index (Phi) is 3.04. The van der Waals surface area contributed by atoms with Crippen molar-refractivity contribution in [2.75, 3.05) is 5.32 Å². The molecule has 0 unspecified atom stereocenters. The Balaban J connectivity index is 1.94. The number of hydrogen-bond donors (Lipinski definition) is 1. The lowest BCUT2D eigenvalue weighted by Gasteiger charge is -1.99. The number of aromatic nitrogens is 2. The molecule has 0 atom stereocenters. The van der Waals surface area contributed by atoms with Crippen molar-refractivity contribution >= 4 is 62.7 Å². The van der Waals surface area contributed by atoms with Gasteiger partial charge in [0.15, 0.2) is 10.1 Å². The maximum absolute atomic E-state index is 12.2. The van der Waals surface area contributed by atoms with Crippen molar-refractivity contribution in [3.8, 4) is 0 Å². The summed E-state index contributed by atoms with van der Waals surface area (Å²) in [5, 5.41) is 3.78. The number of aryl methyl sites for hydroxylation is 1. The number of fused-ring (bicyclic) bond motifs is 2. The van der Waals surface area contributed by atoms with Crippen molar-refractivity contribution in [1.29, 1.82) is 0 Å². The molecule has 0 saturated carbocycles. The maximum Gasteiger partial charge on any atom is 0.256 e. The number of hydrogen-bond acceptors (Lipinski definition) is 3. The number of imidazole rings is 1. The van der Waals surface area contributed by atoms with Gasteiger partial charge in [-0.3, -0.25) is 9.20 Å². The van der Waals surface area contributed by atoms with Gasteiger partial charge >= 0.3 is 0 Å². The Labute approximate surface area is 140 Å². The van der Waals surface area contributed by atoms with Gasteiger partial charge in [-0.25, -0.2) is 4.98 Å². The molecule has 3 aromatic rings. The van der Waals surface area contributed by atoms with E-state index in [0.29, 0.717) is 21.4 Å². The molecule has 1 aliphatic rings. The largest absolute Gasteiger partial charge is 0.321 e. The first kappa shape index (κ1) is 13.8. The van der Waals surface area contributed by atoms with Crippen LogP contribution < -0.4 is 5.32 Å². The number of anilines is 1. The number of carbonyl (C=O) groups excluding carboxylic acids is 1. The average Bonchev–Trinajstić information content (AvgIpc) is 3.04. The van der Waals surface area contributed by atoms with Crippen molar-refractivity contribution in [3.05, 3.63) is 50.7 Å². The van der Waals surface area contributed by atoms with Crippen molar-refractivity contribution in [3.63, 3.8) is 0 Å². The lowest BCUT2D eigenvalue weighted by Crippen LogP contribution is -2.03. The number of nitrogens with one attached hydrogen (secondary N) is 1. The minimum atomic E-state index is -0.171. The highest BCUT2D eigenvalue weighted by Crippen LogP contribution is 2.36. The van der Waals surface area contributed by atoms with Gasteiger partial charge < -0.3 is 5.32 Å². The van der Waals surface area contributed by atoms with Gasteiger partial charge in [0.1, 0.15) is 0 Å². The lowest BCUT2D eigenvalue weighted by molar-refractivity contribution is -0.110. The number of rotatable bonds is 1. The Bertz CT molecular complexity index is 971. The second-order valence-corrected chi connectivity index (χ2v) is 6.99. The normalized spacial score (nSPS) is 15.6. The molecular weight excluding hydrogens is 341 g/mol. The summed E-state index contributed by atoms with van der Waals surface area (Å²) < 4.78 is 1.89. The zero-order valence-corrected chi connectivity index (χ0v) is 13.7. The van der Waals surface area contributed by atoms with E-state index in [2.05, 4.69) is 10.3 Å². The van der Waals surface area contributed by atoms with Gasteiger partial charge in [0.05, 0.1) is 11.3 Å². The molecular formula is C15H9Cl2N3OS. The van der Waals surface area contributed by atoms with Gasteiger partial charge in [0.25, 0.3) is 5.91 Å². The van der Waals surface area contributed by atoms with E-state index in [0.717, 1.165) is 21.1 Å². The van der Waals surface area contributed by atoms with Crippen LogP contribution in [0.3, 0.4) is 0 Å². The van der Waals surface area contributed by atoms with Crippen molar-refractivity contribution < 1.29 is 4.79 Å². The summed E-state index contributed by atoms with van der Waals surface area (Å²) in [6, 6.07) is 5.31. The molecule has 1 N–H and O–H groups in total. The van der Waals surface area contributed by atoms with Gasteiger partial charge in [0, 0.05) is 27.3 Å². The molecule has 4 rings (SSSR count). The van der Waals surface area contributed by atoms with Crippen LogP contribution in [0.2, 0.25) is 10.2 Å². The molecule has 0 aliphatic carbocycles. The molecule has 1 amide bonds. The topological polar surface area (TPSA) is 46.4 Å². The minimum absolute atomic E-state index is 0.171. The smallest absolute Gasteiger partial charge is 0.256 e. The third kappa shape index (κ3) is 2.05. The molecule has 0 bridgehead atoms. The monoisotopic (exact) mass is 349 g/mol. The van der Waals surface area contributed by atoms with E-state index in [1.54, 1.807) is 35.6 Å². The highest BCUT2D eigenvalue weighted by Gasteiger charge is 2.25. The first-order valence-electron chi connectivity index (χ1n) is 6.50. The van der Waals surface area contributed by atoms with Crippen molar-refractivity contribution in [1.82, 2.24) is 9.38 Å². The Morgan fingerprint density at radius 1 is 1.36 bits per heavy atom. The Morgan fingerprint density at radius 2 is 2.18 bits per heavy atom. The molecule has 7 heteroatoms. The van der Waals surface area contributed by atoms with Crippen LogP contribution in [0, 0.1) is 6.92 Å². The van der Waals surface area contributed by atoms with E-state index in [4.69, 9.17) is 23.2 Å². The molecule has 0 radical (unpaired) electrons. The Morgan fingerprint density at radius 3 is 3.00 bits per heavy atom. The van der Waals surface area contributed by atoms with Crippen LogP contribution >= 0.6 is 34.5 Å². The zero-order chi connectivity index (χ0) is 15.4. The quantitative estimate of drug-likeness (QED) is 0.657. The summed E-state index contributed by atoms with van der Waals surface area (Å²) in [6.07, 6.45) is 3.71. The molecule has 2 aromatic heterocycles. The molecule has 0 spiro atoms. The second-order valence-electron chi connectivity index (χ2n) is 4.98. The van der Waals surface area contributed by atoms with Crippen LogP contribution in [-0.4, -0.2) is 15.3 Å². The maximum atomic E-state index is 12.2. The summed E-state index contributed by atoms with van der Waals surface area (Å²) in [6.45, 7) is 2.00. The second kappa shape index (κ2) is 4.84. The van der Waals surface area contributed by atoms with Crippen molar-refractivity contribution in [2.24, 2.45) is 0 Å². The molecule has 3 heterocycles. The van der Waals surface area contributed by atoms with E-state index in [-0.39, 0.29) is 5.91 Å². The average molecular weight is 350 g/mol. The fourth-order valence-corrected chi connectivity index (χ4v) is 3.80. The van der Waals surface area contributed by atoms with Crippen LogP contribution in [-0.2, 0) is 4.79 Å². The number of halogens is 2. The minimum Gasteiger partial charge on any atom is -0.321 e. The number of amides is 1. The summed E-state index contributed by atoms with van der Waals surface area (Å²) in [7, 11) is 0. The van der Waals surface area contributed by atoms with E-state index >= 15 is 0 Å². The molecule has 4 nitrogen and oxygen atoms in total. The van der Waals surface area contributed by atoms with Crippen LogP contribution in [0.5, 0.6) is 0 Å². The number of carbonyl (C=O) groups is 1. The highest BCUT2D eigenvalue weighted by molar-refractivity contribution is 7.17. The number of thiazole rings is 1. The zero-order valence-electron chi connectivity index (χ0n) is 11.4. The SMILES string of the molecule is Cc1cn2c(/C=C3/C(=O)Nc4ccc(Cl)cc43)c(Cl)nc2s1. The van der Waals surface area contributed by atoms with Crippen LogP contribution in [0.25, 0.3) is 16.6 Å². The fourth-order valence-electron chi connectivity index (χ4n) is 2.52.